The molecule has 0 atom stereocenters. The van der Waals surface area contributed by atoms with Crippen LogP contribution in [-0.4, -0.2) is 13.1 Å². The van der Waals surface area contributed by atoms with E-state index in [1.807, 2.05) is 6.07 Å². The number of aryl methyl sites for hydroxylation is 1. The van der Waals surface area contributed by atoms with E-state index in [9.17, 15) is 0 Å². The third kappa shape index (κ3) is 3.98. The maximum atomic E-state index is 4.36. The maximum Gasteiger partial charge on any atom is 0 e. The Kier molecular flexibility index (Phi) is 7.98. The van der Waals surface area contributed by atoms with Crippen LogP contribution < -0.4 is 0 Å². The number of nitrogens with zero attached hydrogens (tertiary/aromatic N) is 2. The third-order valence-corrected chi connectivity index (χ3v) is 1.80. The number of fused-ring (bicyclic) bond motifs is 1. The maximum absolute atomic E-state index is 4.36. The van der Waals surface area contributed by atoms with E-state index in [1.54, 1.807) is 0 Å². The fraction of sp³-hybridized carbons (Fsp3) is 0.333. The molecule has 0 spiro atoms. The summed E-state index contributed by atoms with van der Waals surface area (Å²) in [5, 5.41) is 8.70. The van der Waals surface area contributed by atoms with Crippen LogP contribution in [0.1, 0.15) is 5.56 Å². The van der Waals surface area contributed by atoms with Gasteiger partial charge in [0.25, 0.3) is 0 Å². The van der Waals surface area contributed by atoms with Crippen LogP contribution in [-0.2, 0) is 0 Å². The van der Waals surface area contributed by atoms with Crippen molar-refractivity contribution in [2.45, 2.75) is 6.92 Å². The van der Waals surface area contributed by atoms with Gasteiger partial charge in [-0.1, -0.05) is 23.8 Å². The Morgan fingerprint density at radius 1 is 1.00 bits per heavy atom. The molecule has 2 radical (unpaired) electrons. The van der Waals surface area contributed by atoms with Crippen LogP contribution in [0, 0.1) is 95.0 Å². The topological polar surface area (TPSA) is 28.2 Å². The van der Waals surface area contributed by atoms with E-state index in [0.717, 1.165) is 24.5 Å². The predicted molar refractivity (Wildman–Crippen MR) is 47.0 cm³/mol. The zero-order valence-electron chi connectivity index (χ0n) is 7.70. The zero-order chi connectivity index (χ0) is 7.68. The molecule has 0 saturated carbocycles. The van der Waals surface area contributed by atoms with E-state index < -0.39 is 0 Å². The van der Waals surface area contributed by atoms with Gasteiger partial charge in [0.15, 0.2) is 0 Å². The molecule has 2 rings (SSSR count). The average Bonchev–Trinajstić information content (AvgIpc) is 2.04. The smallest absolute Gasteiger partial charge is 0 e. The SMILES string of the molecule is Cc1ccc2c(c1)[N-]CC[N-]2.[Ac].[Ac]. The summed E-state index contributed by atoms with van der Waals surface area (Å²) in [5.74, 6) is 0. The minimum Gasteiger partial charge on any atom is -0.686 e. The zero-order valence-corrected chi connectivity index (χ0v) is 17.2. The molecule has 0 amide bonds. The standard InChI is InChI=1S/C9H10N2.2Ac/c1-7-2-3-8-9(6-7)11-5-4-10-8;;/h2-3,6H,4-5H2,1H3;;/q-2;;. The van der Waals surface area contributed by atoms with Gasteiger partial charge in [0.05, 0.1) is 0 Å². The summed E-state index contributed by atoms with van der Waals surface area (Å²) in [6.07, 6.45) is 0. The van der Waals surface area contributed by atoms with Gasteiger partial charge in [0.2, 0.25) is 0 Å². The molecule has 64 valence electrons. The molecule has 0 bridgehead atoms. The molecule has 4 heteroatoms. The quantitative estimate of drug-likeness (QED) is 0.439. The summed E-state index contributed by atoms with van der Waals surface area (Å²) in [6.45, 7) is 3.76. The fourth-order valence-electron chi connectivity index (χ4n) is 1.23. The molecule has 1 aliphatic rings. The molecule has 1 aliphatic heterocycles. The van der Waals surface area contributed by atoms with E-state index in [4.69, 9.17) is 0 Å². The fourth-order valence-corrected chi connectivity index (χ4v) is 1.23. The van der Waals surface area contributed by atoms with Crippen LogP contribution in [0.25, 0.3) is 10.6 Å². The van der Waals surface area contributed by atoms with Crippen LogP contribution in [0.5, 0.6) is 0 Å². The van der Waals surface area contributed by atoms with Crippen molar-refractivity contribution in [3.8, 4) is 0 Å². The van der Waals surface area contributed by atoms with Crippen LogP contribution in [0.2, 0.25) is 0 Å². The molecule has 0 aliphatic carbocycles. The Balaban J connectivity index is 0.000000720. The molecule has 13 heavy (non-hydrogen) atoms. The first-order valence-corrected chi connectivity index (χ1v) is 3.82. The van der Waals surface area contributed by atoms with Gasteiger partial charge in [0, 0.05) is 88.1 Å². The number of hydrogen-bond donors (Lipinski definition) is 0. The van der Waals surface area contributed by atoms with Crippen molar-refractivity contribution in [1.29, 1.82) is 0 Å². The van der Waals surface area contributed by atoms with Crippen molar-refractivity contribution in [1.82, 2.24) is 0 Å². The molecule has 0 aromatic heterocycles. The summed E-state index contributed by atoms with van der Waals surface area (Å²) in [7, 11) is 0. The van der Waals surface area contributed by atoms with E-state index in [0.29, 0.717) is 0 Å². The van der Waals surface area contributed by atoms with Crippen LogP contribution in [0.4, 0.5) is 11.4 Å². The van der Waals surface area contributed by atoms with Crippen molar-refractivity contribution < 1.29 is 88.1 Å². The molecule has 1 aromatic rings. The second-order valence-corrected chi connectivity index (χ2v) is 2.76. The Morgan fingerprint density at radius 3 is 2.31 bits per heavy atom. The predicted octanol–water partition coefficient (Wildman–Crippen LogP) is 3.02. The molecule has 0 saturated heterocycles. The minimum absolute atomic E-state index is 0. The van der Waals surface area contributed by atoms with Gasteiger partial charge in [0.1, 0.15) is 0 Å². The van der Waals surface area contributed by atoms with Gasteiger partial charge in [-0.3, -0.25) is 0 Å². The Morgan fingerprint density at radius 2 is 1.62 bits per heavy atom. The van der Waals surface area contributed by atoms with Crippen molar-refractivity contribution in [3.63, 3.8) is 0 Å². The normalized spacial score (nSPS) is 12.4. The number of benzene rings is 1. The van der Waals surface area contributed by atoms with Gasteiger partial charge in [-0.05, 0) is 6.92 Å². The van der Waals surface area contributed by atoms with Crippen LogP contribution >= 0.6 is 0 Å². The van der Waals surface area contributed by atoms with Gasteiger partial charge >= 0.3 is 0 Å². The molecule has 0 unspecified atom stereocenters. The van der Waals surface area contributed by atoms with Crippen LogP contribution in [0.15, 0.2) is 18.2 Å². The van der Waals surface area contributed by atoms with Gasteiger partial charge in [-0.2, -0.15) is 11.4 Å². The summed E-state index contributed by atoms with van der Waals surface area (Å²) in [4.78, 5) is 0. The van der Waals surface area contributed by atoms with Crippen molar-refractivity contribution >= 4 is 11.4 Å². The van der Waals surface area contributed by atoms with Gasteiger partial charge in [-0.15, -0.1) is 13.1 Å². The van der Waals surface area contributed by atoms with E-state index in [1.165, 1.54) is 5.56 Å². The third-order valence-electron chi connectivity index (χ3n) is 1.80. The Labute approximate surface area is 151 Å². The summed E-state index contributed by atoms with van der Waals surface area (Å²) >= 11 is 0. The molecule has 2 nitrogen and oxygen atoms in total. The molecule has 0 fully saturated rings. The van der Waals surface area contributed by atoms with E-state index >= 15 is 0 Å². The molecule has 0 N–H and O–H groups in total. The molecular weight excluding hydrogens is 590 g/mol. The molecule has 1 heterocycles. The van der Waals surface area contributed by atoms with Gasteiger partial charge < -0.3 is 10.6 Å². The van der Waals surface area contributed by atoms with Crippen molar-refractivity contribution in [2.75, 3.05) is 13.1 Å². The summed E-state index contributed by atoms with van der Waals surface area (Å²) in [6, 6.07) is 6.19. The van der Waals surface area contributed by atoms with Crippen LogP contribution in [0.3, 0.4) is 0 Å². The Bertz CT molecular complexity index is 276. The first-order chi connectivity index (χ1) is 5.36. The first-order valence-electron chi connectivity index (χ1n) is 3.82. The second kappa shape index (κ2) is 7.06. The summed E-state index contributed by atoms with van der Waals surface area (Å²) in [5.41, 5.74) is 3.35. The minimum atomic E-state index is 0. The molecular formula is C9H10Ac2N2-2. The Hall–Kier alpha value is 1.70. The molecule has 1 aromatic carbocycles. The van der Waals surface area contributed by atoms with Gasteiger partial charge in [-0.25, -0.2) is 0 Å². The van der Waals surface area contributed by atoms with Crippen molar-refractivity contribution in [3.05, 3.63) is 34.4 Å². The largest absolute Gasteiger partial charge is 0.686 e. The summed E-state index contributed by atoms with van der Waals surface area (Å²) < 4.78 is 0. The van der Waals surface area contributed by atoms with E-state index in [-0.39, 0.29) is 88.1 Å². The van der Waals surface area contributed by atoms with E-state index in [2.05, 4.69) is 29.7 Å². The second-order valence-electron chi connectivity index (χ2n) is 2.76. The first kappa shape index (κ1) is 14.7. The number of hydrogen-bond acceptors (Lipinski definition) is 0. The number of rotatable bonds is 0. The average molecular weight is 600 g/mol. The van der Waals surface area contributed by atoms with Crippen molar-refractivity contribution in [2.24, 2.45) is 0 Å². The monoisotopic (exact) mass is 600 g/mol.